The number of nitrogens with one attached hydrogen (secondary N) is 1. The quantitative estimate of drug-likeness (QED) is 0.0462. The second-order valence-corrected chi connectivity index (χ2v) is 30.0. The fourth-order valence-electron chi connectivity index (χ4n) is 13.6. The van der Waals surface area contributed by atoms with E-state index in [1.807, 2.05) is 51.2 Å². The lowest BCUT2D eigenvalue weighted by molar-refractivity contribution is -0.141. The minimum absolute atomic E-state index is 0.00583. The molecule has 11 rings (SSSR count). The van der Waals surface area contributed by atoms with E-state index < -0.39 is 56.4 Å². The van der Waals surface area contributed by atoms with E-state index in [4.69, 9.17) is 29.2 Å². The summed E-state index contributed by atoms with van der Waals surface area (Å²) in [6.07, 6.45) is 8.39. The summed E-state index contributed by atoms with van der Waals surface area (Å²) in [7, 11) is -2.74. The Hall–Kier alpha value is -7.40. The number of rotatable bonds is 21. The van der Waals surface area contributed by atoms with Crippen LogP contribution in [-0.2, 0) is 32.7 Å². The van der Waals surface area contributed by atoms with E-state index in [0.717, 1.165) is 120 Å². The van der Waals surface area contributed by atoms with Crippen molar-refractivity contribution in [1.82, 2.24) is 35.5 Å². The summed E-state index contributed by atoms with van der Waals surface area (Å²) < 4.78 is 54.1. The number of para-hydroxylation sites is 1. The van der Waals surface area contributed by atoms with Gasteiger partial charge >= 0.3 is 6.16 Å². The van der Waals surface area contributed by atoms with Crippen molar-refractivity contribution >= 4 is 60.6 Å². The second kappa shape index (κ2) is 27.4. The molecule has 89 heavy (non-hydrogen) atoms. The Kier molecular flexibility index (Phi) is 19.4. The van der Waals surface area contributed by atoms with Crippen LogP contribution in [0.5, 0.6) is 11.6 Å². The molecule has 5 aromatic rings. The standard InChI is InChI=1S/C64H82N12O11S2/c1-38(2)60(63(79)75-37-51(86-64(80)83-40(4)41(5)88-89(6,81)82)30-55(75)62(78)68-39(3)44-13-11-42(33-65)12-14-44)57-32-58(71-87-57)73-25-18-43(19-26-73)34-72-23-20-48(21-24-72)84-49-28-50(29-49)85-59-27-45(17-22-67-59)76-46-15-16-47(76)36-74(35-46)54-31-53(69-70-61(54)66)52-9-7-8-10-56(52)77/h7-14,17,22,27,31-32,38-41,43,46-51,55,60,77H,15-16,18-21,23-26,28-30,34-37H2,1-6H3,(H2,66,70)(H,68,78)/t39-,40?,41?,46?,47?,49-,50-,51+,55-,60+/m0/s1. The van der Waals surface area contributed by atoms with Gasteiger partial charge in [-0.05, 0) is 124 Å². The first-order valence-corrected chi connectivity index (χ1v) is 34.5. The third-order valence-corrected chi connectivity index (χ3v) is 21.6. The topological polar surface area (TPSA) is 285 Å². The molecule has 3 aromatic heterocycles. The molecule has 1 aliphatic carbocycles. The molecule has 2 amide bonds. The fraction of sp³-hybridized carbons (Fsp3) is 0.562. The van der Waals surface area contributed by atoms with Gasteiger partial charge in [0.1, 0.15) is 36.0 Å². The highest BCUT2D eigenvalue weighted by Gasteiger charge is 2.47. The number of piperidine rings is 2. The molecule has 1 saturated carbocycles. The van der Waals surface area contributed by atoms with E-state index in [0.29, 0.717) is 56.8 Å². The maximum absolute atomic E-state index is 14.8. The Bertz CT molecular complexity index is 3440. The summed E-state index contributed by atoms with van der Waals surface area (Å²) in [4.78, 5) is 57.8. The van der Waals surface area contributed by atoms with Crippen molar-refractivity contribution in [2.75, 3.05) is 79.0 Å². The summed E-state index contributed by atoms with van der Waals surface area (Å²) >= 11 is 0. The first-order chi connectivity index (χ1) is 42.7. The van der Waals surface area contributed by atoms with Crippen LogP contribution in [-0.4, -0.2) is 174 Å². The molecule has 23 nitrogen and oxygen atoms in total. The minimum Gasteiger partial charge on any atom is -0.507 e. The molecule has 0 spiro atoms. The van der Waals surface area contributed by atoms with Crippen molar-refractivity contribution < 1.29 is 51.4 Å². The van der Waals surface area contributed by atoms with Crippen LogP contribution in [0.3, 0.4) is 0 Å². The highest BCUT2D eigenvalue weighted by atomic mass is 33.1. The summed E-state index contributed by atoms with van der Waals surface area (Å²) in [6.45, 7) is 14.9. The Morgan fingerprint density at radius 2 is 1.56 bits per heavy atom. The number of carbonyl (C=O) groups is 3. The van der Waals surface area contributed by atoms with Gasteiger partial charge in [-0.3, -0.25) is 9.59 Å². The van der Waals surface area contributed by atoms with Crippen molar-refractivity contribution in [1.29, 1.82) is 5.26 Å². The molecule has 2 aromatic carbocycles. The molecule has 2 bridgehead atoms. The fourth-order valence-corrected chi connectivity index (χ4v) is 16.5. The molecular formula is C64H82N12O11S2. The molecule has 8 atom stereocenters. The Morgan fingerprint density at radius 3 is 2.25 bits per heavy atom. The number of benzene rings is 2. The molecule has 4 N–H and O–H groups in total. The first-order valence-electron chi connectivity index (χ1n) is 31.3. The highest BCUT2D eigenvalue weighted by Crippen LogP contribution is 2.41. The van der Waals surface area contributed by atoms with Crippen LogP contribution in [0.1, 0.15) is 121 Å². The van der Waals surface area contributed by atoms with Crippen LogP contribution >= 0.6 is 10.8 Å². The Balaban J connectivity index is 0.622. The number of hydrogen-bond acceptors (Lipinski definition) is 22. The highest BCUT2D eigenvalue weighted by molar-refractivity contribution is 8.72. The zero-order valence-corrected chi connectivity index (χ0v) is 53.1. The van der Waals surface area contributed by atoms with Gasteiger partial charge in [-0.15, -0.1) is 10.2 Å². The predicted molar refractivity (Wildman–Crippen MR) is 337 cm³/mol. The summed E-state index contributed by atoms with van der Waals surface area (Å²) in [5.74, 6) is 0.832. The van der Waals surface area contributed by atoms with Gasteiger partial charge in [0.2, 0.25) is 17.7 Å². The number of carbonyl (C=O) groups excluding carboxylic acids is 3. The lowest BCUT2D eigenvalue weighted by Gasteiger charge is -2.43. The number of piperazine rings is 1. The van der Waals surface area contributed by atoms with Gasteiger partial charge in [0.15, 0.2) is 26.3 Å². The maximum atomic E-state index is 14.8. The minimum atomic E-state index is -3.41. The monoisotopic (exact) mass is 1260 g/mol. The van der Waals surface area contributed by atoms with Crippen LogP contribution in [0.4, 0.5) is 27.8 Å². The number of pyridine rings is 1. The van der Waals surface area contributed by atoms with Gasteiger partial charge in [-0.2, -0.15) is 5.26 Å². The van der Waals surface area contributed by atoms with Crippen molar-refractivity contribution in [2.24, 2.45) is 11.8 Å². The number of amides is 2. The van der Waals surface area contributed by atoms with Gasteiger partial charge in [0.25, 0.3) is 0 Å². The number of nitrogens with zero attached hydrogens (tertiary/aromatic N) is 10. The van der Waals surface area contributed by atoms with E-state index >= 15 is 0 Å². The SMILES string of the molecule is CC(OC(=O)O[C@@H]1C[C@@H](C(=O)N[C@@H](C)c2ccc(C#N)cc2)N(C(=O)[C@@H](c2cc(N3CCC(CN4CCC(O[C@H]5C[C@H](Oc6cc(N7C8CCC7CN(c7cc(-c9ccccc9O)nnc7N)C8)ccn6)C5)CC4)CC3)no2)C(C)C)C1)C(C)SS(C)(=O)=O. The number of fused-ring (bicyclic) bond motifs is 2. The number of hydrogen-bond donors (Lipinski definition) is 3. The molecular weight excluding hydrogens is 1180 g/mol. The van der Waals surface area contributed by atoms with Crippen molar-refractivity contribution in [3.8, 4) is 29.0 Å². The summed E-state index contributed by atoms with van der Waals surface area (Å²) in [5, 5.41) is 35.3. The number of anilines is 4. The number of phenolic OH excluding ortho intramolecular Hbond substituents is 1. The van der Waals surface area contributed by atoms with E-state index in [1.165, 1.54) is 4.90 Å². The number of nitrogens with two attached hydrogens (primary N) is 1. The lowest BCUT2D eigenvalue weighted by atomic mass is 9.91. The number of phenols is 1. The molecule has 0 radical (unpaired) electrons. The molecule has 8 heterocycles. The van der Waals surface area contributed by atoms with Gasteiger partial charge in [-0.25, -0.2) is 18.2 Å². The molecule has 6 fully saturated rings. The van der Waals surface area contributed by atoms with Gasteiger partial charge in [-0.1, -0.05) is 43.3 Å². The number of ether oxygens (including phenoxy) is 4. The van der Waals surface area contributed by atoms with E-state index in [2.05, 4.69) is 63.5 Å². The number of aromatic hydroxyl groups is 1. The number of nitrogen functional groups attached to an aromatic ring is 1. The average molecular weight is 1260 g/mol. The van der Waals surface area contributed by atoms with E-state index in [1.54, 1.807) is 50.2 Å². The van der Waals surface area contributed by atoms with Crippen molar-refractivity contribution in [3.05, 3.63) is 95.9 Å². The van der Waals surface area contributed by atoms with Crippen LogP contribution < -0.4 is 30.5 Å². The molecule has 476 valence electrons. The second-order valence-electron chi connectivity index (χ2n) is 25.3. The zero-order chi connectivity index (χ0) is 62.7. The molecule has 6 aliphatic rings. The van der Waals surface area contributed by atoms with Crippen molar-refractivity contribution in [2.45, 2.75) is 158 Å². The van der Waals surface area contributed by atoms with Gasteiger partial charge in [0.05, 0.1) is 53.1 Å². The molecule has 4 unspecified atom stereocenters. The Labute approximate surface area is 524 Å². The van der Waals surface area contributed by atoms with Crippen LogP contribution in [0.25, 0.3) is 11.3 Å². The average Bonchev–Trinajstić information content (AvgIpc) is 1.75. The maximum Gasteiger partial charge on any atom is 0.508 e. The predicted octanol–water partition coefficient (Wildman–Crippen LogP) is 8.06. The van der Waals surface area contributed by atoms with Crippen molar-refractivity contribution in [3.63, 3.8) is 0 Å². The van der Waals surface area contributed by atoms with Crippen LogP contribution in [0.2, 0.25) is 0 Å². The molecule has 25 heteroatoms. The third-order valence-electron chi connectivity index (χ3n) is 18.6. The normalized spacial score (nSPS) is 23.9. The smallest absolute Gasteiger partial charge is 0.507 e. The van der Waals surface area contributed by atoms with E-state index in [9.17, 15) is 33.2 Å². The van der Waals surface area contributed by atoms with Crippen LogP contribution in [0, 0.1) is 23.2 Å². The summed E-state index contributed by atoms with van der Waals surface area (Å²) in [6, 6.07) is 23.1. The Morgan fingerprint density at radius 1 is 0.843 bits per heavy atom. The van der Waals surface area contributed by atoms with E-state index in [-0.39, 0.29) is 60.9 Å². The molecule has 5 saturated heterocycles. The molecule has 5 aliphatic heterocycles. The largest absolute Gasteiger partial charge is 0.508 e. The number of aromatic nitrogens is 4. The van der Waals surface area contributed by atoms with Gasteiger partial charge in [0, 0.05) is 113 Å². The first kappa shape index (κ1) is 63.2. The zero-order valence-electron chi connectivity index (χ0n) is 51.4. The van der Waals surface area contributed by atoms with Gasteiger partial charge < -0.3 is 64.1 Å². The van der Waals surface area contributed by atoms with Crippen LogP contribution in [0.15, 0.2) is 83.5 Å². The number of likely N-dealkylation sites (tertiary alicyclic amines) is 2. The lowest BCUT2D eigenvalue weighted by Crippen LogP contribution is -2.54. The number of nitriles is 1. The summed E-state index contributed by atoms with van der Waals surface area (Å²) in [5.41, 5.74) is 10.8. The third kappa shape index (κ3) is 15.1.